The Balaban J connectivity index is 1.75. The summed E-state index contributed by atoms with van der Waals surface area (Å²) < 4.78 is 48.7. The molecule has 0 bridgehead atoms. The van der Waals surface area contributed by atoms with Crippen molar-refractivity contribution in [2.24, 2.45) is 0 Å². The van der Waals surface area contributed by atoms with Crippen molar-refractivity contribution >= 4 is 17.5 Å². The molecule has 148 valence electrons. The Bertz CT molecular complexity index is 882. The number of methoxy groups -OCH3 is 1. The second-order valence-electron chi connectivity index (χ2n) is 6.13. The molecule has 2 aromatic rings. The zero-order valence-corrected chi connectivity index (χ0v) is 14.8. The minimum Gasteiger partial charge on any atom is -0.495 e. The van der Waals surface area contributed by atoms with E-state index in [9.17, 15) is 22.8 Å². The molecule has 1 atom stereocenters. The average molecular weight is 394 g/mol. The Morgan fingerprint density at radius 2 is 1.82 bits per heavy atom. The number of carbonyl (C=O) groups is 2. The number of nitrogens with one attached hydrogen (secondary N) is 2. The van der Waals surface area contributed by atoms with Gasteiger partial charge in [-0.15, -0.1) is 0 Å². The smallest absolute Gasteiger partial charge is 0.416 e. The molecule has 0 spiro atoms. The van der Waals surface area contributed by atoms with Gasteiger partial charge in [0.1, 0.15) is 23.3 Å². The first-order chi connectivity index (χ1) is 13.3. The van der Waals surface area contributed by atoms with Crippen molar-refractivity contribution < 1.29 is 32.2 Å². The minimum atomic E-state index is -4.42. The van der Waals surface area contributed by atoms with Crippen LogP contribution in [0.1, 0.15) is 18.4 Å². The van der Waals surface area contributed by atoms with Crippen molar-refractivity contribution in [2.75, 3.05) is 12.4 Å². The molecule has 3 rings (SSSR count). The summed E-state index contributed by atoms with van der Waals surface area (Å²) in [6, 6.07) is 8.24. The number of anilines is 1. The lowest BCUT2D eigenvalue weighted by Crippen LogP contribution is -2.37. The van der Waals surface area contributed by atoms with Crippen molar-refractivity contribution in [2.45, 2.75) is 25.1 Å². The second-order valence-corrected chi connectivity index (χ2v) is 6.13. The molecule has 0 radical (unpaired) electrons. The number of halogens is 3. The highest BCUT2D eigenvalue weighted by molar-refractivity contribution is 6.00. The van der Waals surface area contributed by atoms with E-state index >= 15 is 0 Å². The van der Waals surface area contributed by atoms with E-state index in [0.717, 1.165) is 12.1 Å². The highest BCUT2D eigenvalue weighted by Gasteiger charge is 2.30. The molecule has 0 saturated carbocycles. The van der Waals surface area contributed by atoms with Crippen molar-refractivity contribution in [3.05, 3.63) is 48.0 Å². The Kier molecular flexibility index (Phi) is 5.43. The summed E-state index contributed by atoms with van der Waals surface area (Å²) in [6.45, 7) is 0. The fourth-order valence-corrected chi connectivity index (χ4v) is 2.73. The molecule has 0 aliphatic carbocycles. The SMILES string of the molecule is COc1ccc(Oc2ccc(C(F)(F)F)cc2)cc1NC(=O)[C@H]1CCC(=O)N1. The summed E-state index contributed by atoms with van der Waals surface area (Å²) in [5.74, 6) is 0.296. The third-order valence-corrected chi connectivity index (χ3v) is 4.16. The molecule has 1 saturated heterocycles. The van der Waals surface area contributed by atoms with Gasteiger partial charge >= 0.3 is 6.18 Å². The molecule has 6 nitrogen and oxygen atoms in total. The first kappa shape index (κ1) is 19.5. The van der Waals surface area contributed by atoms with E-state index in [0.29, 0.717) is 23.6 Å². The summed E-state index contributed by atoms with van der Waals surface area (Å²) in [7, 11) is 1.43. The number of benzene rings is 2. The van der Waals surface area contributed by atoms with E-state index in [-0.39, 0.29) is 18.1 Å². The normalized spacial score (nSPS) is 16.4. The largest absolute Gasteiger partial charge is 0.495 e. The molecular weight excluding hydrogens is 377 g/mol. The minimum absolute atomic E-state index is 0.188. The summed E-state index contributed by atoms with van der Waals surface area (Å²) in [6.07, 6.45) is -3.74. The molecule has 9 heteroatoms. The highest BCUT2D eigenvalue weighted by Crippen LogP contribution is 2.34. The van der Waals surface area contributed by atoms with Gasteiger partial charge in [-0.3, -0.25) is 9.59 Å². The topological polar surface area (TPSA) is 76.7 Å². The van der Waals surface area contributed by atoms with Gasteiger partial charge in [-0.1, -0.05) is 0 Å². The fraction of sp³-hybridized carbons (Fsp3) is 0.263. The van der Waals surface area contributed by atoms with Crippen LogP contribution in [0.15, 0.2) is 42.5 Å². The molecule has 1 aliphatic heterocycles. The van der Waals surface area contributed by atoms with E-state index in [1.807, 2.05) is 0 Å². The van der Waals surface area contributed by atoms with Gasteiger partial charge < -0.3 is 20.1 Å². The third kappa shape index (κ3) is 4.54. The molecule has 2 N–H and O–H groups in total. The number of hydrogen-bond donors (Lipinski definition) is 2. The highest BCUT2D eigenvalue weighted by atomic mass is 19.4. The molecule has 1 heterocycles. The summed E-state index contributed by atoms with van der Waals surface area (Å²) in [4.78, 5) is 23.6. The lowest BCUT2D eigenvalue weighted by atomic mass is 10.2. The standard InChI is InChI=1S/C19H17F3N2O4/c1-27-16-8-6-13(28-12-4-2-11(3-5-12)19(20,21)22)10-15(16)24-18(26)14-7-9-17(25)23-14/h2-6,8,10,14H,7,9H2,1H3,(H,23,25)(H,24,26)/t14-/m1/s1. The van der Waals surface area contributed by atoms with Crippen molar-refractivity contribution in [1.82, 2.24) is 5.32 Å². The summed E-state index contributed by atoms with van der Waals surface area (Å²) >= 11 is 0. The number of carbonyl (C=O) groups excluding carboxylic acids is 2. The number of alkyl halides is 3. The van der Waals surface area contributed by atoms with Crippen LogP contribution in [-0.2, 0) is 15.8 Å². The lowest BCUT2D eigenvalue weighted by Gasteiger charge is -2.15. The maximum absolute atomic E-state index is 12.6. The van der Waals surface area contributed by atoms with E-state index in [1.165, 1.54) is 25.3 Å². The van der Waals surface area contributed by atoms with Crippen LogP contribution in [0, 0.1) is 0 Å². The first-order valence-corrected chi connectivity index (χ1v) is 8.39. The number of hydrogen-bond acceptors (Lipinski definition) is 4. The van der Waals surface area contributed by atoms with E-state index < -0.39 is 23.7 Å². The van der Waals surface area contributed by atoms with E-state index in [2.05, 4.69) is 10.6 Å². The fourth-order valence-electron chi connectivity index (χ4n) is 2.73. The van der Waals surface area contributed by atoms with Gasteiger partial charge in [-0.05, 0) is 42.8 Å². The van der Waals surface area contributed by atoms with Gasteiger partial charge in [0.05, 0.1) is 18.4 Å². The maximum atomic E-state index is 12.6. The predicted octanol–water partition coefficient (Wildman–Crippen LogP) is 3.72. The molecule has 0 unspecified atom stereocenters. The zero-order valence-electron chi connectivity index (χ0n) is 14.8. The Morgan fingerprint density at radius 1 is 1.14 bits per heavy atom. The lowest BCUT2D eigenvalue weighted by molar-refractivity contribution is -0.137. The Labute approximate surface area is 158 Å². The van der Waals surface area contributed by atoms with Gasteiger partial charge in [0.25, 0.3) is 0 Å². The molecular formula is C19H17F3N2O4. The van der Waals surface area contributed by atoms with Crippen LogP contribution in [-0.4, -0.2) is 25.0 Å². The van der Waals surface area contributed by atoms with E-state index in [1.54, 1.807) is 12.1 Å². The van der Waals surface area contributed by atoms with Gasteiger partial charge in [-0.25, -0.2) is 0 Å². The molecule has 0 aromatic heterocycles. The van der Waals surface area contributed by atoms with Gasteiger partial charge in [0.15, 0.2) is 0 Å². The van der Waals surface area contributed by atoms with Gasteiger partial charge in [0, 0.05) is 12.5 Å². The Hall–Kier alpha value is -3.23. The first-order valence-electron chi connectivity index (χ1n) is 8.39. The van der Waals surface area contributed by atoms with Crippen molar-refractivity contribution in [3.8, 4) is 17.2 Å². The molecule has 1 aliphatic rings. The molecule has 2 amide bonds. The van der Waals surface area contributed by atoms with Crippen LogP contribution in [0.25, 0.3) is 0 Å². The summed E-state index contributed by atoms with van der Waals surface area (Å²) in [5.41, 5.74) is -0.459. The van der Waals surface area contributed by atoms with Crippen LogP contribution in [0.3, 0.4) is 0 Å². The molecule has 2 aromatic carbocycles. The maximum Gasteiger partial charge on any atom is 0.416 e. The van der Waals surface area contributed by atoms with Crippen LogP contribution in [0.5, 0.6) is 17.2 Å². The van der Waals surface area contributed by atoms with E-state index in [4.69, 9.17) is 9.47 Å². The van der Waals surface area contributed by atoms with Gasteiger partial charge in [0.2, 0.25) is 11.8 Å². The average Bonchev–Trinajstić information content (AvgIpc) is 3.08. The zero-order chi connectivity index (χ0) is 20.3. The quantitative estimate of drug-likeness (QED) is 0.810. The van der Waals surface area contributed by atoms with Crippen LogP contribution in [0.4, 0.5) is 18.9 Å². The second kappa shape index (κ2) is 7.79. The molecule has 28 heavy (non-hydrogen) atoms. The van der Waals surface area contributed by atoms with Crippen LogP contribution in [0.2, 0.25) is 0 Å². The van der Waals surface area contributed by atoms with Crippen LogP contribution < -0.4 is 20.1 Å². The van der Waals surface area contributed by atoms with Crippen LogP contribution >= 0.6 is 0 Å². The Morgan fingerprint density at radius 3 is 2.39 bits per heavy atom. The van der Waals surface area contributed by atoms with Crippen molar-refractivity contribution in [3.63, 3.8) is 0 Å². The van der Waals surface area contributed by atoms with Crippen molar-refractivity contribution in [1.29, 1.82) is 0 Å². The van der Waals surface area contributed by atoms with Gasteiger partial charge in [-0.2, -0.15) is 13.2 Å². The predicted molar refractivity (Wildman–Crippen MR) is 94.3 cm³/mol. The number of ether oxygens (including phenoxy) is 2. The third-order valence-electron chi connectivity index (χ3n) is 4.16. The number of rotatable bonds is 5. The summed E-state index contributed by atoms with van der Waals surface area (Å²) in [5, 5.41) is 5.24. The monoisotopic (exact) mass is 394 g/mol. The number of amides is 2. The molecule has 1 fully saturated rings.